The molecule has 19 heavy (non-hydrogen) atoms. The fourth-order valence-electron chi connectivity index (χ4n) is 1.91. The molecular weight excluding hydrogens is 368 g/mol. The van der Waals surface area contributed by atoms with E-state index in [0.717, 1.165) is 20.1 Å². The molecule has 0 fully saturated rings. The van der Waals surface area contributed by atoms with Crippen molar-refractivity contribution < 1.29 is 4.79 Å². The SMILES string of the molecule is Cc1ccccc1CC(=C=O)c1cc(Br)ccc1Br. The van der Waals surface area contributed by atoms with E-state index in [9.17, 15) is 4.79 Å². The summed E-state index contributed by atoms with van der Waals surface area (Å²) in [6.45, 7) is 2.05. The quantitative estimate of drug-likeness (QED) is 0.687. The third-order valence-corrected chi connectivity index (χ3v) is 4.19. The molecule has 0 saturated carbocycles. The highest BCUT2D eigenvalue weighted by Crippen LogP contribution is 2.29. The first-order valence-electron chi connectivity index (χ1n) is 5.85. The fraction of sp³-hybridized carbons (Fsp3) is 0.125. The minimum atomic E-state index is 0.589. The van der Waals surface area contributed by atoms with Gasteiger partial charge < -0.3 is 0 Å². The predicted octanol–water partition coefficient (Wildman–Crippen LogP) is 4.98. The summed E-state index contributed by atoms with van der Waals surface area (Å²) in [6, 6.07) is 13.9. The first-order chi connectivity index (χ1) is 9.11. The molecule has 1 nitrogen and oxygen atoms in total. The molecule has 0 aliphatic heterocycles. The zero-order valence-electron chi connectivity index (χ0n) is 10.4. The van der Waals surface area contributed by atoms with Crippen molar-refractivity contribution >= 4 is 43.4 Å². The summed E-state index contributed by atoms with van der Waals surface area (Å²) in [5.74, 6) is 2.08. The summed E-state index contributed by atoms with van der Waals surface area (Å²) in [6.07, 6.45) is 0.589. The maximum Gasteiger partial charge on any atom is 0.128 e. The molecule has 0 amide bonds. The molecule has 0 aromatic heterocycles. The van der Waals surface area contributed by atoms with Crippen molar-refractivity contribution in [2.75, 3.05) is 0 Å². The molecule has 0 aliphatic carbocycles. The van der Waals surface area contributed by atoms with Crippen molar-refractivity contribution in [1.29, 1.82) is 0 Å². The van der Waals surface area contributed by atoms with Crippen molar-refractivity contribution in [3.63, 3.8) is 0 Å². The van der Waals surface area contributed by atoms with Crippen molar-refractivity contribution in [3.05, 3.63) is 68.1 Å². The van der Waals surface area contributed by atoms with Crippen LogP contribution in [0.1, 0.15) is 16.7 Å². The zero-order valence-corrected chi connectivity index (χ0v) is 13.6. The highest BCUT2D eigenvalue weighted by atomic mass is 79.9. The van der Waals surface area contributed by atoms with E-state index in [1.54, 1.807) is 0 Å². The van der Waals surface area contributed by atoms with Gasteiger partial charge >= 0.3 is 0 Å². The molecule has 0 spiro atoms. The van der Waals surface area contributed by atoms with Crippen LogP contribution in [0.4, 0.5) is 0 Å². The molecule has 0 bridgehead atoms. The van der Waals surface area contributed by atoms with Gasteiger partial charge in [-0.15, -0.1) is 0 Å². The van der Waals surface area contributed by atoms with E-state index in [-0.39, 0.29) is 0 Å². The third kappa shape index (κ3) is 3.44. The highest BCUT2D eigenvalue weighted by molar-refractivity contribution is 9.11. The maximum absolute atomic E-state index is 11.3. The van der Waals surface area contributed by atoms with Crippen LogP contribution in [0, 0.1) is 6.92 Å². The largest absolute Gasteiger partial charge is 0.233 e. The second kappa shape index (κ2) is 6.33. The van der Waals surface area contributed by atoms with Crippen molar-refractivity contribution in [2.24, 2.45) is 0 Å². The van der Waals surface area contributed by atoms with E-state index in [0.29, 0.717) is 12.0 Å². The van der Waals surface area contributed by atoms with Crippen LogP contribution in [0.15, 0.2) is 51.4 Å². The lowest BCUT2D eigenvalue weighted by Crippen LogP contribution is -1.95. The maximum atomic E-state index is 11.3. The standard InChI is InChI=1S/C16H12Br2O/c1-11-4-2-3-5-12(11)8-13(10-19)15-9-14(17)6-7-16(15)18/h2-7,9H,8H2,1H3. The summed E-state index contributed by atoms with van der Waals surface area (Å²) < 4.78 is 1.85. The van der Waals surface area contributed by atoms with Crippen LogP contribution in [0.25, 0.3) is 5.57 Å². The molecule has 0 aliphatic rings. The van der Waals surface area contributed by atoms with E-state index in [1.165, 1.54) is 5.56 Å². The first kappa shape index (κ1) is 14.3. The molecule has 0 unspecified atom stereocenters. The zero-order chi connectivity index (χ0) is 13.8. The Bertz CT molecular complexity index is 656. The van der Waals surface area contributed by atoms with Gasteiger partial charge in [0.05, 0.1) is 0 Å². The van der Waals surface area contributed by atoms with E-state index >= 15 is 0 Å². The molecule has 2 aromatic carbocycles. The smallest absolute Gasteiger partial charge is 0.128 e. The van der Waals surface area contributed by atoms with Crippen molar-refractivity contribution in [3.8, 4) is 0 Å². The van der Waals surface area contributed by atoms with Gasteiger partial charge in [0.15, 0.2) is 0 Å². The van der Waals surface area contributed by atoms with Gasteiger partial charge in [-0.3, -0.25) is 0 Å². The van der Waals surface area contributed by atoms with Gasteiger partial charge in [0.25, 0.3) is 0 Å². The summed E-state index contributed by atoms with van der Waals surface area (Å²) in [4.78, 5) is 11.3. The lowest BCUT2D eigenvalue weighted by atomic mass is 9.97. The Hall–Kier alpha value is -1.15. The number of aryl methyl sites for hydroxylation is 1. The average molecular weight is 380 g/mol. The number of benzene rings is 2. The molecule has 2 aromatic rings. The number of halogens is 2. The Kier molecular flexibility index (Phi) is 4.76. The first-order valence-corrected chi connectivity index (χ1v) is 7.44. The summed E-state index contributed by atoms with van der Waals surface area (Å²) in [5.41, 5.74) is 3.86. The molecular formula is C16H12Br2O. The Labute approximate surface area is 129 Å². The monoisotopic (exact) mass is 378 g/mol. The second-order valence-electron chi connectivity index (χ2n) is 4.31. The average Bonchev–Trinajstić information content (AvgIpc) is 2.41. The van der Waals surface area contributed by atoms with Gasteiger partial charge in [0, 0.05) is 26.5 Å². The summed E-state index contributed by atoms with van der Waals surface area (Å²) in [5, 5.41) is 0. The Morgan fingerprint density at radius 3 is 2.58 bits per heavy atom. The van der Waals surface area contributed by atoms with E-state index in [1.807, 2.05) is 49.4 Å². The van der Waals surface area contributed by atoms with Crippen LogP contribution in [0.3, 0.4) is 0 Å². The third-order valence-electron chi connectivity index (χ3n) is 3.01. The molecule has 0 radical (unpaired) electrons. The topological polar surface area (TPSA) is 17.1 Å². The molecule has 0 N–H and O–H groups in total. The van der Waals surface area contributed by atoms with Crippen LogP contribution in [-0.2, 0) is 11.2 Å². The van der Waals surface area contributed by atoms with Gasteiger partial charge in [-0.1, -0.05) is 56.1 Å². The van der Waals surface area contributed by atoms with Gasteiger partial charge in [-0.25, -0.2) is 4.79 Å². The van der Waals surface area contributed by atoms with E-state index in [2.05, 4.69) is 37.8 Å². The second-order valence-corrected chi connectivity index (χ2v) is 6.08. The highest BCUT2D eigenvalue weighted by Gasteiger charge is 2.10. The van der Waals surface area contributed by atoms with Crippen LogP contribution in [-0.4, -0.2) is 5.94 Å². The Morgan fingerprint density at radius 1 is 1.16 bits per heavy atom. The van der Waals surface area contributed by atoms with Gasteiger partial charge in [0.2, 0.25) is 0 Å². The van der Waals surface area contributed by atoms with Crippen LogP contribution in [0.5, 0.6) is 0 Å². The minimum absolute atomic E-state index is 0.589. The number of allylic oxidation sites excluding steroid dienone is 1. The lowest BCUT2D eigenvalue weighted by molar-refractivity contribution is 0.569. The number of rotatable bonds is 3. The molecule has 0 saturated heterocycles. The van der Waals surface area contributed by atoms with E-state index < -0.39 is 0 Å². The number of carbonyl (C=O) groups excluding carboxylic acids is 1. The predicted molar refractivity (Wildman–Crippen MR) is 85.8 cm³/mol. The molecule has 3 heteroatoms. The van der Waals surface area contributed by atoms with Crippen LogP contribution >= 0.6 is 31.9 Å². The van der Waals surface area contributed by atoms with Gasteiger partial charge in [-0.05, 0) is 36.2 Å². The summed E-state index contributed by atoms with van der Waals surface area (Å²) >= 11 is 6.91. The van der Waals surface area contributed by atoms with E-state index in [4.69, 9.17) is 0 Å². The number of hydrogen-bond acceptors (Lipinski definition) is 1. The number of hydrogen-bond donors (Lipinski definition) is 0. The molecule has 0 heterocycles. The molecule has 0 atom stereocenters. The molecule has 96 valence electrons. The summed E-state index contributed by atoms with van der Waals surface area (Å²) in [7, 11) is 0. The Balaban J connectivity index is 2.40. The lowest BCUT2D eigenvalue weighted by Gasteiger charge is -2.09. The minimum Gasteiger partial charge on any atom is -0.233 e. The fourth-order valence-corrected chi connectivity index (χ4v) is 2.76. The Morgan fingerprint density at radius 2 is 1.89 bits per heavy atom. The molecule has 2 rings (SSSR count). The van der Waals surface area contributed by atoms with Gasteiger partial charge in [-0.2, -0.15) is 0 Å². The van der Waals surface area contributed by atoms with Crippen LogP contribution < -0.4 is 0 Å². The van der Waals surface area contributed by atoms with Crippen LogP contribution in [0.2, 0.25) is 0 Å². The van der Waals surface area contributed by atoms with Crippen molar-refractivity contribution in [2.45, 2.75) is 13.3 Å². The van der Waals surface area contributed by atoms with Crippen molar-refractivity contribution in [1.82, 2.24) is 0 Å². The normalized spacial score (nSPS) is 10.1. The van der Waals surface area contributed by atoms with Gasteiger partial charge in [0.1, 0.15) is 5.94 Å².